The third-order valence-electron chi connectivity index (χ3n) is 3.10. The highest BCUT2D eigenvalue weighted by Crippen LogP contribution is 2.23. The minimum atomic E-state index is -0.290. The summed E-state index contributed by atoms with van der Waals surface area (Å²) in [6.07, 6.45) is 1.93. The molecule has 1 atom stereocenters. The predicted octanol–water partition coefficient (Wildman–Crippen LogP) is 3.59. The minimum Gasteiger partial charge on any atom is -0.383 e. The van der Waals surface area contributed by atoms with Crippen molar-refractivity contribution in [2.75, 3.05) is 19.0 Å². The van der Waals surface area contributed by atoms with Gasteiger partial charge in [0.25, 0.3) is 0 Å². The summed E-state index contributed by atoms with van der Waals surface area (Å²) in [6, 6.07) is 5.09. The molecule has 5 heteroatoms. The lowest BCUT2D eigenvalue weighted by Crippen LogP contribution is -2.13. The fourth-order valence-corrected chi connectivity index (χ4v) is 2.12. The van der Waals surface area contributed by atoms with Crippen molar-refractivity contribution in [2.24, 2.45) is 0 Å². The number of methoxy groups -OCH3 is 1. The molecule has 1 heterocycles. The second-order valence-electron chi connectivity index (χ2n) is 5.03. The van der Waals surface area contributed by atoms with Crippen LogP contribution in [0.1, 0.15) is 24.2 Å². The van der Waals surface area contributed by atoms with Gasteiger partial charge in [0.05, 0.1) is 24.0 Å². The molecule has 0 aliphatic rings. The SMILES string of the molecule is COCC(C)n1cc(C)nc1Nc1cc(C)ccc1F. The maximum absolute atomic E-state index is 13.8. The molecule has 0 saturated heterocycles. The van der Waals surface area contributed by atoms with Gasteiger partial charge in [-0.15, -0.1) is 0 Å². The van der Waals surface area contributed by atoms with E-state index in [0.29, 0.717) is 18.2 Å². The van der Waals surface area contributed by atoms with Gasteiger partial charge in [0, 0.05) is 13.3 Å². The first-order valence-corrected chi connectivity index (χ1v) is 6.59. The van der Waals surface area contributed by atoms with Gasteiger partial charge in [-0.05, 0) is 38.5 Å². The zero-order chi connectivity index (χ0) is 14.7. The van der Waals surface area contributed by atoms with Crippen molar-refractivity contribution in [3.05, 3.63) is 41.5 Å². The average Bonchev–Trinajstić information content (AvgIpc) is 2.75. The molecule has 2 aromatic rings. The van der Waals surface area contributed by atoms with E-state index in [0.717, 1.165) is 11.3 Å². The van der Waals surface area contributed by atoms with Crippen molar-refractivity contribution in [2.45, 2.75) is 26.8 Å². The second-order valence-corrected chi connectivity index (χ2v) is 5.03. The van der Waals surface area contributed by atoms with E-state index in [4.69, 9.17) is 4.74 Å². The number of imidazole rings is 1. The number of rotatable bonds is 5. The standard InChI is InChI=1S/C15H20FN3O/c1-10-5-6-13(16)14(7-10)18-15-17-11(2)8-19(15)12(3)9-20-4/h5-8,12H,9H2,1-4H3,(H,17,18). The van der Waals surface area contributed by atoms with Gasteiger partial charge in [-0.1, -0.05) is 6.07 Å². The average molecular weight is 277 g/mol. The molecule has 0 saturated carbocycles. The zero-order valence-electron chi connectivity index (χ0n) is 12.3. The summed E-state index contributed by atoms with van der Waals surface area (Å²) in [4.78, 5) is 4.41. The van der Waals surface area contributed by atoms with Crippen molar-refractivity contribution >= 4 is 11.6 Å². The van der Waals surface area contributed by atoms with Gasteiger partial charge in [-0.25, -0.2) is 9.37 Å². The lowest BCUT2D eigenvalue weighted by molar-refractivity contribution is 0.163. The highest BCUT2D eigenvalue weighted by molar-refractivity contribution is 5.56. The Morgan fingerprint density at radius 2 is 2.15 bits per heavy atom. The van der Waals surface area contributed by atoms with E-state index in [1.165, 1.54) is 6.07 Å². The van der Waals surface area contributed by atoms with E-state index in [2.05, 4.69) is 10.3 Å². The number of hydrogen-bond donors (Lipinski definition) is 1. The molecule has 0 aliphatic carbocycles. The Morgan fingerprint density at radius 3 is 2.85 bits per heavy atom. The number of nitrogens with zero attached hydrogens (tertiary/aromatic N) is 2. The zero-order valence-corrected chi connectivity index (χ0v) is 12.3. The van der Waals surface area contributed by atoms with Gasteiger partial charge in [-0.2, -0.15) is 0 Å². The summed E-state index contributed by atoms with van der Waals surface area (Å²) < 4.78 is 20.9. The fraction of sp³-hybridized carbons (Fsp3) is 0.400. The van der Waals surface area contributed by atoms with Crippen molar-refractivity contribution in [1.82, 2.24) is 9.55 Å². The van der Waals surface area contributed by atoms with Gasteiger partial charge in [-0.3, -0.25) is 0 Å². The number of ether oxygens (including phenoxy) is 1. The molecule has 20 heavy (non-hydrogen) atoms. The maximum atomic E-state index is 13.8. The minimum absolute atomic E-state index is 0.122. The molecule has 108 valence electrons. The van der Waals surface area contributed by atoms with Crippen molar-refractivity contribution in [1.29, 1.82) is 0 Å². The molecular formula is C15H20FN3O. The Kier molecular flexibility index (Phi) is 4.39. The number of hydrogen-bond acceptors (Lipinski definition) is 3. The van der Waals surface area contributed by atoms with Crippen LogP contribution in [0.25, 0.3) is 0 Å². The van der Waals surface area contributed by atoms with Gasteiger partial charge in [0.2, 0.25) is 5.95 Å². The first-order chi connectivity index (χ1) is 9.51. The van der Waals surface area contributed by atoms with Crippen LogP contribution in [-0.4, -0.2) is 23.3 Å². The third-order valence-corrected chi connectivity index (χ3v) is 3.10. The molecule has 0 radical (unpaired) electrons. The number of benzene rings is 1. The first kappa shape index (κ1) is 14.5. The maximum Gasteiger partial charge on any atom is 0.207 e. The quantitative estimate of drug-likeness (QED) is 0.907. The van der Waals surface area contributed by atoms with Crippen LogP contribution in [0.5, 0.6) is 0 Å². The van der Waals surface area contributed by atoms with E-state index < -0.39 is 0 Å². The number of aryl methyl sites for hydroxylation is 2. The van der Waals surface area contributed by atoms with E-state index >= 15 is 0 Å². The second kappa shape index (κ2) is 6.05. The summed E-state index contributed by atoms with van der Waals surface area (Å²) in [5, 5.41) is 3.06. The Hall–Kier alpha value is -1.88. The van der Waals surface area contributed by atoms with Gasteiger partial charge in [0.15, 0.2) is 0 Å². The Balaban J connectivity index is 2.31. The lowest BCUT2D eigenvalue weighted by atomic mass is 10.2. The van der Waals surface area contributed by atoms with E-state index in [1.54, 1.807) is 19.2 Å². The van der Waals surface area contributed by atoms with Crippen molar-refractivity contribution in [3.63, 3.8) is 0 Å². The monoisotopic (exact) mass is 277 g/mol. The van der Waals surface area contributed by atoms with Crippen LogP contribution < -0.4 is 5.32 Å². The van der Waals surface area contributed by atoms with Crippen LogP contribution in [0.4, 0.5) is 16.0 Å². The first-order valence-electron chi connectivity index (χ1n) is 6.59. The smallest absolute Gasteiger partial charge is 0.207 e. The topological polar surface area (TPSA) is 39.1 Å². The lowest BCUT2D eigenvalue weighted by Gasteiger charge is -2.16. The van der Waals surface area contributed by atoms with Crippen LogP contribution in [-0.2, 0) is 4.74 Å². The van der Waals surface area contributed by atoms with Crippen LogP contribution in [0, 0.1) is 19.7 Å². The van der Waals surface area contributed by atoms with Crippen LogP contribution in [0.3, 0.4) is 0 Å². The highest BCUT2D eigenvalue weighted by atomic mass is 19.1. The van der Waals surface area contributed by atoms with E-state index in [-0.39, 0.29) is 11.9 Å². The largest absolute Gasteiger partial charge is 0.383 e. The number of halogens is 1. The number of nitrogens with one attached hydrogen (secondary N) is 1. The molecule has 0 aliphatic heterocycles. The molecular weight excluding hydrogens is 257 g/mol. The van der Waals surface area contributed by atoms with Crippen LogP contribution >= 0.6 is 0 Å². The molecule has 1 N–H and O–H groups in total. The highest BCUT2D eigenvalue weighted by Gasteiger charge is 2.13. The normalized spacial score (nSPS) is 12.4. The van der Waals surface area contributed by atoms with Crippen molar-refractivity contribution in [3.8, 4) is 0 Å². The molecule has 1 aromatic carbocycles. The van der Waals surface area contributed by atoms with Crippen LogP contribution in [0.15, 0.2) is 24.4 Å². The molecule has 0 bridgehead atoms. The molecule has 0 amide bonds. The predicted molar refractivity (Wildman–Crippen MR) is 78.0 cm³/mol. The summed E-state index contributed by atoms with van der Waals surface area (Å²) >= 11 is 0. The van der Waals surface area contributed by atoms with Gasteiger partial charge < -0.3 is 14.6 Å². The molecule has 0 fully saturated rings. The number of aromatic nitrogens is 2. The molecule has 2 rings (SSSR count). The summed E-state index contributed by atoms with van der Waals surface area (Å²) in [6.45, 7) is 6.44. The summed E-state index contributed by atoms with van der Waals surface area (Å²) in [7, 11) is 1.66. The Morgan fingerprint density at radius 1 is 1.40 bits per heavy atom. The van der Waals surface area contributed by atoms with E-state index in [1.807, 2.05) is 31.5 Å². The Labute approximate surface area is 118 Å². The van der Waals surface area contributed by atoms with Crippen molar-refractivity contribution < 1.29 is 9.13 Å². The molecule has 4 nitrogen and oxygen atoms in total. The summed E-state index contributed by atoms with van der Waals surface area (Å²) in [5.41, 5.74) is 2.30. The summed E-state index contributed by atoms with van der Waals surface area (Å²) in [5.74, 6) is 0.332. The van der Waals surface area contributed by atoms with Gasteiger partial charge >= 0.3 is 0 Å². The van der Waals surface area contributed by atoms with Gasteiger partial charge in [0.1, 0.15) is 5.82 Å². The third kappa shape index (κ3) is 3.17. The molecule has 0 spiro atoms. The fourth-order valence-electron chi connectivity index (χ4n) is 2.12. The molecule has 1 unspecified atom stereocenters. The molecule has 1 aromatic heterocycles. The number of anilines is 2. The Bertz CT molecular complexity index is 595. The van der Waals surface area contributed by atoms with E-state index in [9.17, 15) is 4.39 Å². The van der Waals surface area contributed by atoms with Crippen LogP contribution in [0.2, 0.25) is 0 Å².